The van der Waals surface area contributed by atoms with Gasteiger partial charge in [-0.3, -0.25) is 10.1 Å². The zero-order chi connectivity index (χ0) is 28.5. The van der Waals surface area contributed by atoms with E-state index >= 15 is 0 Å². The molecule has 0 spiro atoms. The summed E-state index contributed by atoms with van der Waals surface area (Å²) in [7, 11) is 8.06. The molecule has 41 heavy (non-hydrogen) atoms. The van der Waals surface area contributed by atoms with Crippen LogP contribution >= 0.6 is 0 Å². The van der Waals surface area contributed by atoms with Crippen LogP contribution in [0.3, 0.4) is 0 Å². The maximum absolute atomic E-state index is 14.6. The number of hydrogen-bond donors (Lipinski definition) is 3. The lowest BCUT2D eigenvalue weighted by Gasteiger charge is -2.12. The van der Waals surface area contributed by atoms with Gasteiger partial charge >= 0.3 is 0 Å². The molecule has 0 aliphatic carbocycles. The van der Waals surface area contributed by atoms with Crippen molar-refractivity contribution in [3.63, 3.8) is 0 Å². The number of nitrogens with one attached hydrogen (secondary N) is 3. The van der Waals surface area contributed by atoms with E-state index in [1.54, 1.807) is 6.20 Å². The van der Waals surface area contributed by atoms with E-state index in [2.05, 4.69) is 46.3 Å². The number of aromatic amines is 2. The highest BCUT2D eigenvalue weighted by atomic mass is 19.1. The van der Waals surface area contributed by atoms with Crippen LogP contribution in [0.25, 0.3) is 56.1 Å². The average molecular weight is 551 g/mol. The summed E-state index contributed by atoms with van der Waals surface area (Å²) in [6, 6.07) is 12.8. The molecule has 0 radical (unpaired) electrons. The second kappa shape index (κ2) is 11.0. The van der Waals surface area contributed by atoms with E-state index in [-0.39, 0.29) is 5.82 Å². The lowest BCUT2D eigenvalue weighted by Crippen LogP contribution is -2.20. The smallest absolute Gasteiger partial charge is 0.162 e. The Morgan fingerprint density at radius 1 is 0.902 bits per heavy atom. The Bertz CT molecular complexity index is 1840. The molecule has 0 aliphatic heterocycles. The normalized spacial score (nSPS) is 11.8. The molecule has 0 amide bonds. The van der Waals surface area contributed by atoms with Crippen molar-refractivity contribution in [1.29, 1.82) is 0 Å². The third-order valence-electron chi connectivity index (χ3n) is 6.70. The number of hydrogen-bond acceptors (Lipinski definition) is 8. The van der Waals surface area contributed by atoms with Crippen LogP contribution in [0.15, 0.2) is 61.1 Å². The number of pyridine rings is 3. The van der Waals surface area contributed by atoms with Crippen LogP contribution in [0.2, 0.25) is 0 Å². The van der Waals surface area contributed by atoms with Gasteiger partial charge in [-0.05, 0) is 81.8 Å². The highest BCUT2D eigenvalue weighted by molar-refractivity contribution is 5.95. The number of imidazole rings is 1. The summed E-state index contributed by atoms with van der Waals surface area (Å²) < 4.78 is 14.6. The molecular formula is C30H31FN10. The first-order chi connectivity index (χ1) is 19.8. The molecule has 0 saturated heterocycles. The minimum Gasteiger partial charge on any atom is -0.384 e. The Hall–Kier alpha value is -4.74. The monoisotopic (exact) mass is 550 g/mol. The first-order valence-corrected chi connectivity index (χ1v) is 13.3. The van der Waals surface area contributed by atoms with Crippen LogP contribution in [0, 0.1) is 5.82 Å². The van der Waals surface area contributed by atoms with Crippen LogP contribution < -0.4 is 5.32 Å². The van der Waals surface area contributed by atoms with Crippen molar-refractivity contribution < 1.29 is 4.39 Å². The first-order valence-electron chi connectivity index (χ1n) is 13.3. The molecule has 6 rings (SSSR count). The molecule has 0 bridgehead atoms. The van der Waals surface area contributed by atoms with Gasteiger partial charge in [0.2, 0.25) is 0 Å². The summed E-state index contributed by atoms with van der Waals surface area (Å²) in [6.07, 6.45) is 5.37. The standard InChI is InChI=1S/C30H31FN10/c1-40(2)10-9-33-22-13-19(12-21(31)14-22)23-7-8-34-29-26(23)36-30(37-29)28-27-25(38-39-28)6-5-24(35-27)20-11-18(15-32-16-20)17-41(3)4/h5-8,11-16,33H,9-10,17H2,1-4H3,(H,38,39)(H,34,36,37). The van der Waals surface area contributed by atoms with Gasteiger partial charge in [-0.15, -0.1) is 0 Å². The van der Waals surface area contributed by atoms with Crippen LogP contribution in [0.4, 0.5) is 10.1 Å². The minimum absolute atomic E-state index is 0.324. The Morgan fingerprint density at radius 2 is 1.78 bits per heavy atom. The number of H-pyrrole nitrogens is 2. The van der Waals surface area contributed by atoms with E-state index in [0.29, 0.717) is 46.0 Å². The zero-order valence-corrected chi connectivity index (χ0v) is 23.4. The number of aromatic nitrogens is 7. The molecule has 11 heteroatoms. The Morgan fingerprint density at radius 3 is 2.61 bits per heavy atom. The van der Waals surface area contributed by atoms with Crippen molar-refractivity contribution in [2.45, 2.75) is 6.54 Å². The summed E-state index contributed by atoms with van der Waals surface area (Å²) in [5.41, 5.74) is 8.25. The molecule has 5 aromatic heterocycles. The molecule has 6 aromatic rings. The van der Waals surface area contributed by atoms with Crippen molar-refractivity contribution in [3.8, 4) is 33.9 Å². The molecule has 0 aliphatic rings. The topological polar surface area (TPSA) is 115 Å². The number of halogens is 1. The molecule has 10 nitrogen and oxygen atoms in total. The van der Waals surface area contributed by atoms with Gasteiger partial charge < -0.3 is 20.1 Å². The van der Waals surface area contributed by atoms with Crippen LogP contribution in [0.5, 0.6) is 0 Å². The number of likely N-dealkylation sites (N-methyl/N-ethyl adjacent to an activating group) is 1. The second-order valence-corrected chi connectivity index (χ2v) is 10.6. The van der Waals surface area contributed by atoms with Crippen molar-refractivity contribution >= 4 is 27.9 Å². The summed E-state index contributed by atoms with van der Waals surface area (Å²) in [5, 5.41) is 10.9. The van der Waals surface area contributed by atoms with Crippen LogP contribution in [0.1, 0.15) is 5.56 Å². The zero-order valence-electron chi connectivity index (χ0n) is 23.4. The summed E-state index contributed by atoms with van der Waals surface area (Å²) in [6.45, 7) is 2.32. The van der Waals surface area contributed by atoms with E-state index in [1.165, 1.54) is 12.1 Å². The molecule has 3 N–H and O–H groups in total. The number of fused-ring (bicyclic) bond motifs is 2. The number of benzene rings is 1. The van der Waals surface area contributed by atoms with Crippen molar-refractivity contribution in [1.82, 2.24) is 44.9 Å². The lowest BCUT2D eigenvalue weighted by atomic mass is 10.0. The van der Waals surface area contributed by atoms with Crippen molar-refractivity contribution in [2.75, 3.05) is 46.6 Å². The van der Waals surface area contributed by atoms with E-state index in [9.17, 15) is 4.39 Å². The van der Waals surface area contributed by atoms with Gasteiger partial charge in [0, 0.05) is 55.0 Å². The fourth-order valence-corrected chi connectivity index (χ4v) is 4.83. The van der Waals surface area contributed by atoms with Gasteiger partial charge in [0.1, 0.15) is 16.9 Å². The second-order valence-electron chi connectivity index (χ2n) is 10.6. The highest BCUT2D eigenvalue weighted by Gasteiger charge is 2.18. The average Bonchev–Trinajstić information content (AvgIpc) is 3.56. The predicted octanol–water partition coefficient (Wildman–Crippen LogP) is 4.80. The summed E-state index contributed by atoms with van der Waals surface area (Å²) in [5.74, 6) is 0.200. The van der Waals surface area contributed by atoms with Crippen molar-refractivity contribution in [2.24, 2.45) is 0 Å². The molecular weight excluding hydrogens is 519 g/mol. The van der Waals surface area contributed by atoms with Gasteiger partial charge in [-0.1, -0.05) is 0 Å². The number of anilines is 1. The Balaban J connectivity index is 1.37. The fraction of sp³-hybridized carbons (Fsp3) is 0.233. The summed E-state index contributed by atoms with van der Waals surface area (Å²) in [4.78, 5) is 26.2. The van der Waals surface area contributed by atoms with E-state index < -0.39 is 0 Å². The van der Waals surface area contributed by atoms with Gasteiger partial charge in [-0.25, -0.2) is 19.3 Å². The van der Waals surface area contributed by atoms with Gasteiger partial charge in [0.25, 0.3) is 0 Å². The van der Waals surface area contributed by atoms with Crippen LogP contribution in [-0.2, 0) is 6.54 Å². The Labute approximate surface area is 236 Å². The predicted molar refractivity (Wildman–Crippen MR) is 160 cm³/mol. The maximum Gasteiger partial charge on any atom is 0.162 e. The molecule has 0 unspecified atom stereocenters. The van der Waals surface area contributed by atoms with E-state index in [4.69, 9.17) is 9.97 Å². The van der Waals surface area contributed by atoms with E-state index in [1.807, 2.05) is 64.8 Å². The number of nitrogens with zero attached hydrogens (tertiary/aromatic N) is 7. The third kappa shape index (κ3) is 5.63. The Kier molecular flexibility index (Phi) is 7.12. The van der Waals surface area contributed by atoms with Crippen molar-refractivity contribution in [3.05, 3.63) is 72.4 Å². The largest absolute Gasteiger partial charge is 0.384 e. The fourth-order valence-electron chi connectivity index (χ4n) is 4.83. The van der Waals surface area contributed by atoms with Gasteiger partial charge in [0.05, 0.1) is 11.2 Å². The molecule has 5 heterocycles. The molecule has 0 atom stereocenters. The summed E-state index contributed by atoms with van der Waals surface area (Å²) >= 11 is 0. The van der Waals surface area contributed by atoms with Gasteiger partial charge in [0.15, 0.2) is 17.2 Å². The molecule has 1 aromatic carbocycles. The molecule has 0 saturated carbocycles. The van der Waals surface area contributed by atoms with Gasteiger partial charge in [-0.2, -0.15) is 5.10 Å². The lowest BCUT2D eigenvalue weighted by molar-refractivity contribution is 0.402. The maximum atomic E-state index is 14.6. The number of rotatable bonds is 9. The minimum atomic E-state index is -0.324. The third-order valence-corrected chi connectivity index (χ3v) is 6.70. The van der Waals surface area contributed by atoms with E-state index in [0.717, 1.165) is 41.0 Å². The molecule has 208 valence electrons. The first kappa shape index (κ1) is 26.5. The highest BCUT2D eigenvalue weighted by Crippen LogP contribution is 2.32. The molecule has 0 fully saturated rings. The quantitative estimate of drug-likeness (QED) is 0.235. The SMILES string of the molecule is CN(C)CCNc1cc(F)cc(-c2ccnc3[nH]c(-c4n[nH]c5ccc(-c6cncc(CN(C)C)c6)nc45)nc23)c1. The van der Waals surface area contributed by atoms with Crippen LogP contribution in [-0.4, -0.2) is 86.2 Å².